The first-order valence-corrected chi connectivity index (χ1v) is 13.0. The third-order valence-corrected chi connectivity index (χ3v) is 7.66. The zero-order valence-corrected chi connectivity index (χ0v) is 21.7. The van der Waals surface area contributed by atoms with Gasteiger partial charge in [-0.1, -0.05) is 87.8 Å². The van der Waals surface area contributed by atoms with Crippen molar-refractivity contribution in [3.05, 3.63) is 110 Å². The molecule has 3 aromatic rings. The Labute approximate surface area is 221 Å². The fourth-order valence-electron chi connectivity index (χ4n) is 3.73. The highest BCUT2D eigenvalue weighted by Crippen LogP contribution is 2.42. The standard InChI is InChI=1S/C27H21BrClN3O2S/c28-20-10-12-21(13-11-20)32-26(34)24(16-19-8-4-5-9-23(19)29)35-27(32)22(17-30)25(33)31-15-14-18-6-2-1-3-7-18/h1-13,24H,14-16H2,(H,31,33)/b27-22-. The van der Waals surface area contributed by atoms with E-state index in [4.69, 9.17) is 11.6 Å². The number of carbonyl (C=O) groups excluding carboxylic acids is 2. The molecule has 35 heavy (non-hydrogen) atoms. The molecule has 0 aliphatic carbocycles. The number of rotatable bonds is 7. The number of carbonyl (C=O) groups is 2. The Morgan fingerprint density at radius 1 is 1.06 bits per heavy atom. The van der Waals surface area contributed by atoms with E-state index in [1.807, 2.05) is 66.7 Å². The van der Waals surface area contributed by atoms with E-state index < -0.39 is 11.2 Å². The van der Waals surface area contributed by atoms with Crippen molar-refractivity contribution >= 4 is 56.8 Å². The van der Waals surface area contributed by atoms with Gasteiger partial charge in [0.05, 0.1) is 5.25 Å². The predicted molar refractivity (Wildman–Crippen MR) is 144 cm³/mol. The number of halogens is 2. The maximum Gasteiger partial charge on any atom is 0.264 e. The highest BCUT2D eigenvalue weighted by Gasteiger charge is 2.41. The summed E-state index contributed by atoms with van der Waals surface area (Å²) in [6, 6.07) is 26.4. The lowest BCUT2D eigenvalue weighted by molar-refractivity contribution is -0.117. The normalized spacial score (nSPS) is 16.7. The van der Waals surface area contributed by atoms with Crippen LogP contribution in [-0.2, 0) is 22.4 Å². The molecule has 8 heteroatoms. The minimum Gasteiger partial charge on any atom is -0.351 e. The van der Waals surface area contributed by atoms with Gasteiger partial charge in [0.25, 0.3) is 5.91 Å². The predicted octanol–water partition coefficient (Wildman–Crippen LogP) is 5.89. The number of hydrogen-bond acceptors (Lipinski definition) is 4. The minimum atomic E-state index is -0.519. The SMILES string of the molecule is N#C/C(C(=O)NCCc1ccccc1)=C1/SC(Cc2ccccc2Cl)C(=O)N1c1ccc(Br)cc1. The molecule has 5 nitrogen and oxygen atoms in total. The number of thioether (sulfide) groups is 1. The van der Waals surface area contributed by atoms with Crippen LogP contribution in [0.15, 0.2) is 93.9 Å². The Hall–Kier alpha value is -3.05. The molecule has 1 atom stereocenters. The van der Waals surface area contributed by atoms with E-state index >= 15 is 0 Å². The molecule has 1 heterocycles. The van der Waals surface area contributed by atoms with Gasteiger partial charge in [-0.2, -0.15) is 5.26 Å². The Morgan fingerprint density at radius 2 is 1.74 bits per heavy atom. The van der Waals surface area contributed by atoms with E-state index in [-0.39, 0.29) is 11.5 Å². The minimum absolute atomic E-state index is 0.0824. The summed E-state index contributed by atoms with van der Waals surface area (Å²) in [6.45, 7) is 0.376. The Kier molecular flexibility index (Phi) is 8.29. The van der Waals surface area contributed by atoms with Crippen molar-refractivity contribution in [1.29, 1.82) is 5.26 Å². The molecule has 0 spiro atoms. The van der Waals surface area contributed by atoms with Crippen LogP contribution in [0.25, 0.3) is 0 Å². The summed E-state index contributed by atoms with van der Waals surface area (Å²) in [7, 11) is 0. The summed E-state index contributed by atoms with van der Waals surface area (Å²) in [5.41, 5.74) is 2.43. The molecule has 0 bridgehead atoms. The average Bonchev–Trinajstić information content (AvgIpc) is 3.17. The molecule has 1 aliphatic rings. The first kappa shape index (κ1) is 25.1. The Bertz CT molecular complexity index is 1310. The highest BCUT2D eigenvalue weighted by atomic mass is 79.9. The van der Waals surface area contributed by atoms with Crippen LogP contribution in [0.2, 0.25) is 5.02 Å². The molecule has 1 saturated heterocycles. The zero-order valence-electron chi connectivity index (χ0n) is 18.6. The highest BCUT2D eigenvalue weighted by molar-refractivity contribution is 9.10. The summed E-state index contributed by atoms with van der Waals surface area (Å²) in [4.78, 5) is 28.0. The van der Waals surface area contributed by atoms with Gasteiger partial charge in [0, 0.05) is 21.7 Å². The number of nitriles is 1. The quantitative estimate of drug-likeness (QED) is 0.286. The van der Waals surface area contributed by atoms with E-state index in [0.29, 0.717) is 35.1 Å². The molecule has 0 aromatic heterocycles. The van der Waals surface area contributed by atoms with Crippen molar-refractivity contribution in [2.24, 2.45) is 0 Å². The van der Waals surface area contributed by atoms with E-state index in [9.17, 15) is 14.9 Å². The van der Waals surface area contributed by atoms with Gasteiger partial charge in [0.2, 0.25) is 5.91 Å². The van der Waals surface area contributed by atoms with Crippen LogP contribution >= 0.6 is 39.3 Å². The number of benzene rings is 3. The second-order valence-electron chi connectivity index (χ2n) is 7.84. The zero-order chi connectivity index (χ0) is 24.8. The van der Waals surface area contributed by atoms with Crippen molar-refractivity contribution in [3.8, 4) is 6.07 Å². The number of nitrogens with one attached hydrogen (secondary N) is 1. The maximum atomic E-state index is 13.5. The van der Waals surface area contributed by atoms with Crippen LogP contribution in [-0.4, -0.2) is 23.6 Å². The van der Waals surface area contributed by atoms with E-state index in [2.05, 4.69) is 21.2 Å². The number of anilines is 1. The summed E-state index contributed by atoms with van der Waals surface area (Å²) in [5, 5.41) is 13.2. The average molecular weight is 567 g/mol. The number of hydrogen-bond donors (Lipinski definition) is 1. The fourth-order valence-corrected chi connectivity index (χ4v) is 5.50. The van der Waals surface area contributed by atoms with Crippen molar-refractivity contribution < 1.29 is 9.59 Å². The van der Waals surface area contributed by atoms with Gasteiger partial charge in [0.1, 0.15) is 16.7 Å². The van der Waals surface area contributed by atoms with Gasteiger partial charge in [0.15, 0.2) is 0 Å². The monoisotopic (exact) mass is 565 g/mol. The smallest absolute Gasteiger partial charge is 0.264 e. The van der Waals surface area contributed by atoms with E-state index in [1.165, 1.54) is 16.7 Å². The molecule has 1 N–H and O–H groups in total. The van der Waals surface area contributed by atoms with Gasteiger partial charge >= 0.3 is 0 Å². The first-order chi connectivity index (χ1) is 17.0. The molecule has 1 fully saturated rings. The first-order valence-electron chi connectivity index (χ1n) is 10.9. The topological polar surface area (TPSA) is 73.2 Å². The van der Waals surface area contributed by atoms with E-state index in [0.717, 1.165) is 15.6 Å². The molecule has 3 aromatic carbocycles. The van der Waals surface area contributed by atoms with Gasteiger partial charge in [-0.05, 0) is 54.3 Å². The van der Waals surface area contributed by atoms with E-state index in [1.54, 1.807) is 18.2 Å². The Morgan fingerprint density at radius 3 is 2.43 bits per heavy atom. The van der Waals surface area contributed by atoms with Crippen molar-refractivity contribution in [3.63, 3.8) is 0 Å². The lowest BCUT2D eigenvalue weighted by atomic mass is 10.1. The van der Waals surface area contributed by atoms with Crippen molar-refractivity contribution in [1.82, 2.24) is 5.32 Å². The fraction of sp³-hybridized carbons (Fsp3) is 0.148. The third kappa shape index (κ3) is 5.96. The third-order valence-electron chi connectivity index (χ3n) is 5.50. The van der Waals surface area contributed by atoms with Gasteiger partial charge in [-0.15, -0.1) is 0 Å². The van der Waals surface area contributed by atoms with Crippen molar-refractivity contribution in [2.75, 3.05) is 11.4 Å². The number of amides is 2. The molecule has 2 amide bonds. The van der Waals surface area contributed by atoms with Gasteiger partial charge < -0.3 is 5.32 Å². The largest absolute Gasteiger partial charge is 0.351 e. The lowest BCUT2D eigenvalue weighted by Gasteiger charge is -2.19. The number of nitrogens with zero attached hydrogens (tertiary/aromatic N) is 2. The summed E-state index contributed by atoms with van der Waals surface area (Å²) >= 11 is 11.0. The molecule has 1 unspecified atom stereocenters. The van der Waals surface area contributed by atoms with Crippen LogP contribution < -0.4 is 10.2 Å². The molecule has 0 radical (unpaired) electrons. The second-order valence-corrected chi connectivity index (χ2v) is 10.3. The van der Waals surface area contributed by atoms with Gasteiger partial charge in [-0.25, -0.2) is 0 Å². The van der Waals surface area contributed by atoms with Crippen LogP contribution in [0, 0.1) is 11.3 Å². The summed E-state index contributed by atoms with van der Waals surface area (Å²) in [6.07, 6.45) is 1.02. The molecule has 4 rings (SSSR count). The maximum absolute atomic E-state index is 13.5. The molecule has 0 saturated carbocycles. The molecule has 176 valence electrons. The van der Waals surface area contributed by atoms with Crippen LogP contribution in [0.5, 0.6) is 0 Å². The van der Waals surface area contributed by atoms with Crippen molar-refractivity contribution in [2.45, 2.75) is 18.1 Å². The van der Waals surface area contributed by atoms with Crippen LogP contribution in [0.1, 0.15) is 11.1 Å². The second kappa shape index (κ2) is 11.6. The molecular formula is C27H21BrClN3O2S. The summed E-state index contributed by atoms with van der Waals surface area (Å²) < 4.78 is 0.859. The van der Waals surface area contributed by atoms with Gasteiger partial charge in [-0.3, -0.25) is 14.5 Å². The molecule has 1 aliphatic heterocycles. The summed E-state index contributed by atoms with van der Waals surface area (Å²) in [5.74, 6) is -0.698. The molecular weight excluding hydrogens is 546 g/mol. The lowest BCUT2D eigenvalue weighted by Crippen LogP contribution is -2.32. The van der Waals surface area contributed by atoms with Crippen LogP contribution in [0.3, 0.4) is 0 Å². The Balaban J connectivity index is 1.62. The van der Waals surface area contributed by atoms with Crippen LogP contribution in [0.4, 0.5) is 5.69 Å².